The highest BCUT2D eigenvalue weighted by Gasteiger charge is 2.13. The van der Waals surface area contributed by atoms with Crippen molar-refractivity contribution in [3.05, 3.63) is 90.4 Å². The molecular weight excluding hydrogens is 383 g/mol. The number of rotatable bonds is 6. The van der Waals surface area contributed by atoms with Gasteiger partial charge in [-0.25, -0.2) is 14.4 Å². The van der Waals surface area contributed by atoms with Gasteiger partial charge in [0.2, 0.25) is 5.95 Å². The lowest BCUT2D eigenvalue weighted by Gasteiger charge is -2.14. The Bertz CT molecular complexity index is 1170. The van der Waals surface area contributed by atoms with Crippen molar-refractivity contribution >= 4 is 11.6 Å². The third-order valence-corrected chi connectivity index (χ3v) is 4.32. The summed E-state index contributed by atoms with van der Waals surface area (Å²) in [5.74, 6) is 0.653. The van der Waals surface area contributed by atoms with Crippen molar-refractivity contribution in [1.82, 2.24) is 9.97 Å². The Labute approximate surface area is 172 Å². The zero-order valence-corrected chi connectivity index (χ0v) is 16.0. The molecule has 0 radical (unpaired) electrons. The Kier molecular flexibility index (Phi) is 5.43. The first-order valence-corrected chi connectivity index (χ1v) is 9.21. The smallest absolute Gasteiger partial charge is 0.220 e. The summed E-state index contributed by atoms with van der Waals surface area (Å²) in [6, 6.07) is 20.9. The fourth-order valence-corrected chi connectivity index (χ4v) is 2.88. The highest BCUT2D eigenvalue weighted by molar-refractivity contribution is 5.69. The number of aromatic nitrogens is 2. The zero-order valence-electron chi connectivity index (χ0n) is 16.0. The molecule has 0 spiro atoms. The van der Waals surface area contributed by atoms with E-state index >= 15 is 0 Å². The van der Waals surface area contributed by atoms with Gasteiger partial charge in [0.15, 0.2) is 11.6 Å². The van der Waals surface area contributed by atoms with Crippen molar-refractivity contribution in [3.63, 3.8) is 0 Å². The quantitative estimate of drug-likeness (QED) is 0.449. The number of anilines is 2. The zero-order chi connectivity index (χ0) is 20.9. The Morgan fingerprint density at radius 1 is 0.867 bits per heavy atom. The van der Waals surface area contributed by atoms with Crippen molar-refractivity contribution in [2.24, 2.45) is 0 Å². The van der Waals surface area contributed by atoms with Gasteiger partial charge in [0, 0.05) is 23.5 Å². The molecule has 0 bridgehead atoms. The minimum absolute atomic E-state index is 0.0651. The molecule has 150 valence electrons. The average Bonchev–Trinajstić information content (AvgIpc) is 2.75. The fraction of sp³-hybridized carbons (Fsp3) is 0.0435. The van der Waals surface area contributed by atoms with Crippen LogP contribution in [0.3, 0.4) is 0 Å². The van der Waals surface area contributed by atoms with Gasteiger partial charge in [0.1, 0.15) is 18.1 Å². The molecule has 0 amide bonds. The monoisotopic (exact) mass is 402 g/mol. The molecule has 0 saturated carbocycles. The van der Waals surface area contributed by atoms with E-state index in [0.29, 0.717) is 35.1 Å². The SMILES string of the molecule is Nc1ccc(Oc2ccc(OCc3ccccc3)c(-c3ccnc(N)n3)c2)c(F)c1. The van der Waals surface area contributed by atoms with Gasteiger partial charge in [-0.05, 0) is 42.0 Å². The molecule has 4 N–H and O–H groups in total. The van der Waals surface area contributed by atoms with E-state index in [1.807, 2.05) is 30.3 Å². The summed E-state index contributed by atoms with van der Waals surface area (Å²) in [4.78, 5) is 8.21. The van der Waals surface area contributed by atoms with Crippen LogP contribution in [0.4, 0.5) is 16.0 Å². The number of hydrogen-bond donors (Lipinski definition) is 2. The molecule has 0 atom stereocenters. The highest BCUT2D eigenvalue weighted by atomic mass is 19.1. The summed E-state index contributed by atoms with van der Waals surface area (Å²) >= 11 is 0. The summed E-state index contributed by atoms with van der Waals surface area (Å²) < 4.78 is 25.9. The third kappa shape index (κ3) is 4.47. The molecule has 30 heavy (non-hydrogen) atoms. The lowest BCUT2D eigenvalue weighted by molar-refractivity contribution is 0.307. The van der Waals surface area contributed by atoms with Gasteiger partial charge in [-0.2, -0.15) is 0 Å². The maximum Gasteiger partial charge on any atom is 0.220 e. The molecule has 0 aliphatic heterocycles. The number of nitrogens with zero attached hydrogens (tertiary/aromatic N) is 2. The summed E-state index contributed by atoms with van der Waals surface area (Å²) in [7, 11) is 0. The lowest BCUT2D eigenvalue weighted by atomic mass is 10.1. The molecule has 1 aromatic heterocycles. The van der Waals surface area contributed by atoms with Crippen LogP contribution in [0.5, 0.6) is 17.2 Å². The van der Waals surface area contributed by atoms with Crippen molar-refractivity contribution in [2.45, 2.75) is 6.61 Å². The summed E-state index contributed by atoms with van der Waals surface area (Å²) in [6.07, 6.45) is 1.56. The molecule has 0 saturated heterocycles. The van der Waals surface area contributed by atoms with E-state index in [2.05, 4.69) is 9.97 Å². The number of hydrogen-bond acceptors (Lipinski definition) is 6. The van der Waals surface area contributed by atoms with Crippen LogP contribution in [0.2, 0.25) is 0 Å². The largest absolute Gasteiger partial charge is 0.488 e. The van der Waals surface area contributed by atoms with Crippen LogP contribution in [0, 0.1) is 5.82 Å². The number of ether oxygens (including phenoxy) is 2. The second-order valence-corrected chi connectivity index (χ2v) is 6.52. The van der Waals surface area contributed by atoms with E-state index in [-0.39, 0.29) is 11.7 Å². The van der Waals surface area contributed by atoms with Gasteiger partial charge >= 0.3 is 0 Å². The topological polar surface area (TPSA) is 96.3 Å². The number of nitrogens with two attached hydrogens (primary N) is 2. The minimum Gasteiger partial charge on any atom is -0.488 e. The first-order valence-electron chi connectivity index (χ1n) is 9.21. The average molecular weight is 402 g/mol. The van der Waals surface area contributed by atoms with Crippen molar-refractivity contribution in [3.8, 4) is 28.5 Å². The summed E-state index contributed by atoms with van der Waals surface area (Å²) in [5.41, 5.74) is 13.9. The van der Waals surface area contributed by atoms with E-state index in [1.165, 1.54) is 12.1 Å². The molecule has 0 aliphatic carbocycles. The Morgan fingerprint density at radius 3 is 2.43 bits per heavy atom. The fourth-order valence-electron chi connectivity index (χ4n) is 2.88. The van der Waals surface area contributed by atoms with Gasteiger partial charge in [-0.15, -0.1) is 0 Å². The summed E-state index contributed by atoms with van der Waals surface area (Å²) in [5, 5.41) is 0. The van der Waals surface area contributed by atoms with Crippen LogP contribution in [-0.2, 0) is 6.61 Å². The Morgan fingerprint density at radius 2 is 1.67 bits per heavy atom. The predicted molar refractivity (Wildman–Crippen MR) is 114 cm³/mol. The number of nitrogen functional groups attached to an aromatic ring is 2. The third-order valence-electron chi connectivity index (χ3n) is 4.32. The number of benzene rings is 3. The van der Waals surface area contributed by atoms with Gasteiger partial charge in [-0.1, -0.05) is 30.3 Å². The summed E-state index contributed by atoms with van der Waals surface area (Å²) in [6.45, 7) is 0.376. The van der Waals surface area contributed by atoms with Crippen molar-refractivity contribution in [1.29, 1.82) is 0 Å². The van der Waals surface area contributed by atoms with Gasteiger partial charge < -0.3 is 20.9 Å². The number of halogens is 1. The molecule has 1 heterocycles. The molecule has 0 fully saturated rings. The predicted octanol–water partition coefficient (Wildman–Crippen LogP) is 4.82. The van der Waals surface area contributed by atoms with E-state index in [0.717, 1.165) is 5.56 Å². The molecule has 0 aliphatic rings. The van der Waals surface area contributed by atoms with Gasteiger partial charge in [-0.3, -0.25) is 0 Å². The second-order valence-electron chi connectivity index (χ2n) is 6.52. The van der Waals surface area contributed by atoms with Gasteiger partial charge in [0.05, 0.1) is 5.69 Å². The normalized spacial score (nSPS) is 10.6. The van der Waals surface area contributed by atoms with Crippen LogP contribution < -0.4 is 20.9 Å². The van der Waals surface area contributed by atoms with Crippen LogP contribution in [0.1, 0.15) is 5.56 Å². The van der Waals surface area contributed by atoms with Crippen molar-refractivity contribution in [2.75, 3.05) is 11.5 Å². The first kappa shape index (κ1) is 19.2. The molecule has 6 nitrogen and oxygen atoms in total. The van der Waals surface area contributed by atoms with E-state index in [1.54, 1.807) is 36.5 Å². The molecule has 4 rings (SSSR count). The second kappa shape index (κ2) is 8.48. The van der Waals surface area contributed by atoms with E-state index in [4.69, 9.17) is 20.9 Å². The Hall–Kier alpha value is -4.13. The van der Waals surface area contributed by atoms with Crippen molar-refractivity contribution < 1.29 is 13.9 Å². The highest BCUT2D eigenvalue weighted by Crippen LogP contribution is 2.35. The molecular formula is C23H19FN4O2. The van der Waals surface area contributed by atoms with E-state index < -0.39 is 5.82 Å². The minimum atomic E-state index is -0.549. The van der Waals surface area contributed by atoms with E-state index in [9.17, 15) is 4.39 Å². The van der Waals surface area contributed by atoms with Crippen LogP contribution in [-0.4, -0.2) is 9.97 Å². The maximum absolute atomic E-state index is 14.1. The van der Waals surface area contributed by atoms with Crippen LogP contribution in [0.25, 0.3) is 11.3 Å². The molecule has 3 aromatic carbocycles. The maximum atomic E-state index is 14.1. The lowest BCUT2D eigenvalue weighted by Crippen LogP contribution is -2.00. The standard InChI is InChI=1S/C23H19FN4O2/c24-19-12-16(25)6-8-22(19)30-17-7-9-21(29-14-15-4-2-1-3-5-15)18(13-17)20-10-11-27-23(26)28-20/h1-13H,14,25H2,(H2,26,27,28). The van der Waals surface area contributed by atoms with Crippen LogP contribution in [0.15, 0.2) is 79.0 Å². The Balaban J connectivity index is 1.67. The first-order chi connectivity index (χ1) is 14.6. The molecule has 0 unspecified atom stereocenters. The van der Waals surface area contributed by atoms with Gasteiger partial charge in [0.25, 0.3) is 0 Å². The van der Waals surface area contributed by atoms with Crippen LogP contribution >= 0.6 is 0 Å². The molecule has 7 heteroatoms. The molecule has 4 aromatic rings.